The van der Waals surface area contributed by atoms with E-state index in [4.69, 9.17) is 9.47 Å². The number of benzene rings is 1. The molecule has 0 N–H and O–H groups in total. The molecule has 1 aromatic carbocycles. The van der Waals surface area contributed by atoms with E-state index < -0.39 is 5.51 Å². The van der Waals surface area contributed by atoms with E-state index in [2.05, 4.69) is 0 Å². The van der Waals surface area contributed by atoms with Crippen LogP contribution in [0.25, 0.3) is 0 Å². The zero-order valence-corrected chi connectivity index (χ0v) is 11.4. The number of rotatable bonds is 3. The minimum atomic E-state index is -4.33. The summed E-state index contributed by atoms with van der Waals surface area (Å²) in [5, 5.41) is 0. The monoisotopic (exact) mass is 364 g/mol. The average Bonchev–Trinajstić information content (AvgIpc) is 2.16. The zero-order chi connectivity index (χ0) is 12.3. The average molecular weight is 364 g/mol. The van der Waals surface area contributed by atoms with E-state index in [0.717, 1.165) is 0 Å². The molecule has 0 heterocycles. The molecule has 0 aliphatic heterocycles. The van der Waals surface area contributed by atoms with Crippen LogP contribution in [0.5, 0.6) is 11.5 Å². The van der Waals surface area contributed by atoms with Crippen LogP contribution in [0.15, 0.2) is 17.0 Å². The van der Waals surface area contributed by atoms with Crippen LogP contribution in [-0.2, 0) is 0 Å². The van der Waals surface area contributed by atoms with Crippen LogP contribution in [0.4, 0.5) is 13.2 Å². The van der Waals surface area contributed by atoms with E-state index in [0.29, 0.717) is 9.32 Å². The quantitative estimate of drug-likeness (QED) is 0.599. The van der Waals surface area contributed by atoms with Crippen LogP contribution in [-0.4, -0.2) is 19.7 Å². The van der Waals surface area contributed by atoms with Gasteiger partial charge < -0.3 is 9.47 Å². The van der Waals surface area contributed by atoms with Crippen molar-refractivity contribution >= 4 is 34.4 Å². The molecular weight excluding hydrogens is 356 g/mol. The van der Waals surface area contributed by atoms with Crippen LogP contribution >= 0.6 is 34.4 Å². The van der Waals surface area contributed by atoms with Gasteiger partial charge in [-0.1, -0.05) is 0 Å². The van der Waals surface area contributed by atoms with Crippen LogP contribution < -0.4 is 9.47 Å². The molecule has 0 bridgehead atoms. The third-order valence-electron chi connectivity index (χ3n) is 1.68. The Morgan fingerprint density at radius 1 is 1.19 bits per heavy atom. The first-order valence-electron chi connectivity index (χ1n) is 4.05. The Balaban J connectivity index is 3.16. The Labute approximate surface area is 109 Å². The van der Waals surface area contributed by atoms with Gasteiger partial charge in [0.1, 0.15) is 11.5 Å². The van der Waals surface area contributed by atoms with Gasteiger partial charge in [-0.2, -0.15) is 13.2 Å². The molecule has 0 spiro atoms. The summed E-state index contributed by atoms with van der Waals surface area (Å²) in [6.07, 6.45) is 0. The SMILES string of the molecule is COc1ccc(SC(F)(F)F)c(OC)c1I. The summed E-state index contributed by atoms with van der Waals surface area (Å²) in [4.78, 5) is 0.0280. The van der Waals surface area contributed by atoms with Gasteiger partial charge in [-0.3, -0.25) is 0 Å². The number of ether oxygens (including phenoxy) is 2. The summed E-state index contributed by atoms with van der Waals surface area (Å²) in [5.41, 5.74) is -4.33. The molecule has 0 unspecified atom stereocenters. The fourth-order valence-electron chi connectivity index (χ4n) is 1.07. The number of thioether (sulfide) groups is 1. The van der Waals surface area contributed by atoms with Crippen molar-refractivity contribution in [1.82, 2.24) is 0 Å². The molecule has 7 heteroatoms. The van der Waals surface area contributed by atoms with E-state index in [1.165, 1.54) is 26.4 Å². The van der Waals surface area contributed by atoms with Gasteiger partial charge in [-0.15, -0.1) is 0 Å². The largest absolute Gasteiger partial charge is 0.496 e. The Morgan fingerprint density at radius 2 is 1.81 bits per heavy atom. The van der Waals surface area contributed by atoms with E-state index in [-0.39, 0.29) is 22.4 Å². The first-order chi connectivity index (χ1) is 7.39. The van der Waals surface area contributed by atoms with Crippen molar-refractivity contribution in [2.24, 2.45) is 0 Å². The predicted molar refractivity (Wildman–Crippen MR) is 64.2 cm³/mol. The highest BCUT2D eigenvalue weighted by Crippen LogP contribution is 2.45. The number of hydrogen-bond acceptors (Lipinski definition) is 3. The summed E-state index contributed by atoms with van der Waals surface area (Å²) in [6, 6.07) is 2.82. The molecule has 1 rings (SSSR count). The van der Waals surface area contributed by atoms with Gasteiger partial charge >= 0.3 is 5.51 Å². The highest BCUT2D eigenvalue weighted by Gasteiger charge is 2.31. The van der Waals surface area contributed by atoms with Gasteiger partial charge in [0.25, 0.3) is 0 Å². The Hall–Kier alpha value is -0.310. The fraction of sp³-hybridized carbons (Fsp3) is 0.333. The highest BCUT2D eigenvalue weighted by atomic mass is 127. The lowest BCUT2D eigenvalue weighted by atomic mass is 10.3. The Morgan fingerprint density at radius 3 is 2.25 bits per heavy atom. The molecule has 90 valence electrons. The molecule has 0 aliphatic rings. The minimum Gasteiger partial charge on any atom is -0.496 e. The number of hydrogen-bond donors (Lipinski definition) is 0. The molecule has 0 atom stereocenters. The lowest BCUT2D eigenvalue weighted by molar-refractivity contribution is -0.0328. The Bertz CT molecular complexity index is 382. The first-order valence-corrected chi connectivity index (χ1v) is 5.94. The molecule has 16 heavy (non-hydrogen) atoms. The third kappa shape index (κ3) is 3.34. The molecule has 2 nitrogen and oxygen atoms in total. The van der Waals surface area contributed by atoms with Crippen molar-refractivity contribution < 1.29 is 22.6 Å². The first kappa shape index (κ1) is 13.8. The zero-order valence-electron chi connectivity index (χ0n) is 8.39. The second-order valence-corrected chi connectivity index (χ2v) is 4.85. The van der Waals surface area contributed by atoms with Crippen molar-refractivity contribution in [1.29, 1.82) is 0 Å². The van der Waals surface area contributed by atoms with E-state index >= 15 is 0 Å². The molecule has 0 aliphatic carbocycles. The summed E-state index contributed by atoms with van der Waals surface area (Å²) >= 11 is 1.69. The van der Waals surface area contributed by atoms with Gasteiger partial charge in [-0.25, -0.2) is 0 Å². The number of alkyl halides is 3. The molecule has 0 fully saturated rings. The fourth-order valence-corrected chi connectivity index (χ4v) is 2.83. The summed E-state index contributed by atoms with van der Waals surface area (Å²) in [5.74, 6) is 0.672. The highest BCUT2D eigenvalue weighted by molar-refractivity contribution is 14.1. The smallest absolute Gasteiger partial charge is 0.446 e. The third-order valence-corrected chi connectivity index (χ3v) is 3.47. The molecular formula is C9H8F3IO2S. The number of halogens is 4. The number of methoxy groups -OCH3 is 2. The van der Waals surface area contributed by atoms with Crippen molar-refractivity contribution in [3.8, 4) is 11.5 Å². The second-order valence-electron chi connectivity index (χ2n) is 2.66. The van der Waals surface area contributed by atoms with Crippen molar-refractivity contribution in [3.63, 3.8) is 0 Å². The summed E-state index contributed by atoms with van der Waals surface area (Å²) < 4.78 is 47.2. The standard InChI is InChI=1S/C9H8F3IO2S/c1-14-5-3-4-6(16-9(10,11)12)8(15-2)7(5)13/h3-4H,1-2H3. The topological polar surface area (TPSA) is 18.5 Å². The van der Waals surface area contributed by atoms with Gasteiger partial charge in [0.15, 0.2) is 0 Å². The maximum absolute atomic E-state index is 12.2. The predicted octanol–water partition coefficient (Wildman–Crippen LogP) is 3.92. The van der Waals surface area contributed by atoms with Crippen molar-refractivity contribution in [2.45, 2.75) is 10.4 Å². The molecule has 0 radical (unpaired) electrons. The summed E-state index contributed by atoms with van der Waals surface area (Å²) in [7, 11) is 2.78. The molecule has 0 amide bonds. The van der Waals surface area contributed by atoms with Crippen LogP contribution in [0.1, 0.15) is 0 Å². The van der Waals surface area contributed by atoms with Gasteiger partial charge in [-0.05, 0) is 46.5 Å². The molecule has 0 aromatic heterocycles. The van der Waals surface area contributed by atoms with E-state index in [1.54, 1.807) is 0 Å². The van der Waals surface area contributed by atoms with Gasteiger partial charge in [0.05, 0.1) is 22.7 Å². The van der Waals surface area contributed by atoms with Crippen LogP contribution in [0.3, 0.4) is 0 Å². The van der Waals surface area contributed by atoms with Gasteiger partial charge in [0.2, 0.25) is 0 Å². The maximum Gasteiger partial charge on any atom is 0.446 e. The van der Waals surface area contributed by atoms with Crippen molar-refractivity contribution in [2.75, 3.05) is 14.2 Å². The Kier molecular flexibility index (Phi) is 4.60. The van der Waals surface area contributed by atoms with Crippen LogP contribution in [0.2, 0.25) is 0 Å². The van der Waals surface area contributed by atoms with Crippen LogP contribution in [0, 0.1) is 3.57 Å². The second kappa shape index (κ2) is 5.35. The summed E-state index contributed by atoms with van der Waals surface area (Å²) in [6.45, 7) is 0. The normalized spacial score (nSPS) is 11.4. The lowest BCUT2D eigenvalue weighted by Crippen LogP contribution is -2.01. The molecule has 1 aromatic rings. The molecule has 0 saturated heterocycles. The minimum absolute atomic E-state index is 0.0280. The van der Waals surface area contributed by atoms with E-state index in [1.807, 2.05) is 22.6 Å². The van der Waals surface area contributed by atoms with E-state index in [9.17, 15) is 13.2 Å². The molecule has 0 saturated carbocycles. The maximum atomic E-state index is 12.2. The van der Waals surface area contributed by atoms with Gasteiger partial charge in [0, 0.05) is 0 Å². The lowest BCUT2D eigenvalue weighted by Gasteiger charge is -2.13. The van der Waals surface area contributed by atoms with Crippen molar-refractivity contribution in [3.05, 3.63) is 15.7 Å².